The summed E-state index contributed by atoms with van der Waals surface area (Å²) in [5.41, 5.74) is 0.0165. The standard InChI is InChI=1S/C18H26N2O6S/c1-25-15-5-4-14(20-8-2-3-17(20)22)11-16(15)27(23,24)19-12-18(13-21)6-9-26-10-7-18/h4-5,11,19,21H,2-3,6-10,12-13H2,1H3. The van der Waals surface area contributed by atoms with Crippen LogP contribution in [0.4, 0.5) is 5.69 Å². The molecule has 0 spiro atoms. The average Bonchev–Trinajstić information content (AvgIpc) is 3.12. The van der Waals surface area contributed by atoms with E-state index in [9.17, 15) is 18.3 Å². The number of aliphatic hydroxyl groups is 1. The summed E-state index contributed by atoms with van der Waals surface area (Å²) in [5.74, 6) is 0.195. The normalized spacial score (nSPS) is 20.1. The first kappa shape index (κ1) is 20.1. The zero-order valence-corrected chi connectivity index (χ0v) is 16.3. The van der Waals surface area contributed by atoms with E-state index in [1.54, 1.807) is 17.0 Å². The van der Waals surface area contributed by atoms with Crippen molar-refractivity contribution in [1.29, 1.82) is 0 Å². The molecule has 1 aromatic rings. The minimum absolute atomic E-state index is 0.0117. The molecule has 0 aromatic heterocycles. The maximum Gasteiger partial charge on any atom is 0.244 e. The molecule has 1 amide bonds. The largest absolute Gasteiger partial charge is 0.495 e. The summed E-state index contributed by atoms with van der Waals surface area (Å²) in [4.78, 5) is 13.6. The summed E-state index contributed by atoms with van der Waals surface area (Å²) in [5, 5.41) is 9.77. The molecule has 27 heavy (non-hydrogen) atoms. The highest BCUT2D eigenvalue weighted by Gasteiger charge is 2.34. The molecular formula is C18H26N2O6S. The van der Waals surface area contributed by atoms with Crippen molar-refractivity contribution >= 4 is 21.6 Å². The third-order valence-electron chi connectivity index (χ3n) is 5.35. The Morgan fingerprint density at radius 1 is 1.33 bits per heavy atom. The van der Waals surface area contributed by atoms with Gasteiger partial charge in [0.1, 0.15) is 10.6 Å². The Morgan fingerprint density at radius 2 is 2.07 bits per heavy atom. The fourth-order valence-electron chi connectivity index (χ4n) is 3.49. The number of hydrogen-bond acceptors (Lipinski definition) is 6. The van der Waals surface area contributed by atoms with Crippen LogP contribution in [0, 0.1) is 5.41 Å². The predicted molar refractivity (Wildman–Crippen MR) is 99.3 cm³/mol. The first-order valence-corrected chi connectivity index (χ1v) is 10.6. The zero-order chi connectivity index (χ0) is 19.5. The number of sulfonamides is 1. The number of rotatable bonds is 7. The maximum absolute atomic E-state index is 13.0. The van der Waals surface area contributed by atoms with Crippen LogP contribution in [0.3, 0.4) is 0 Å². The van der Waals surface area contributed by atoms with Crippen LogP contribution in [0.5, 0.6) is 5.75 Å². The van der Waals surface area contributed by atoms with E-state index in [4.69, 9.17) is 9.47 Å². The van der Waals surface area contributed by atoms with E-state index in [0.717, 1.165) is 6.42 Å². The van der Waals surface area contributed by atoms with Gasteiger partial charge in [-0.1, -0.05) is 0 Å². The molecular weight excluding hydrogens is 372 g/mol. The number of benzene rings is 1. The van der Waals surface area contributed by atoms with Gasteiger partial charge in [0.15, 0.2) is 0 Å². The van der Waals surface area contributed by atoms with Crippen molar-refractivity contribution in [3.8, 4) is 5.75 Å². The molecule has 2 aliphatic heterocycles. The lowest BCUT2D eigenvalue weighted by atomic mass is 9.81. The molecule has 3 rings (SSSR count). The number of ether oxygens (including phenoxy) is 2. The van der Waals surface area contributed by atoms with Crippen LogP contribution < -0.4 is 14.4 Å². The minimum atomic E-state index is -3.89. The third kappa shape index (κ3) is 4.26. The van der Waals surface area contributed by atoms with Gasteiger partial charge in [-0.25, -0.2) is 13.1 Å². The second-order valence-corrected chi connectivity index (χ2v) is 8.81. The minimum Gasteiger partial charge on any atom is -0.495 e. The number of amides is 1. The molecule has 2 N–H and O–H groups in total. The van der Waals surface area contributed by atoms with Crippen molar-refractivity contribution in [3.63, 3.8) is 0 Å². The highest BCUT2D eigenvalue weighted by Crippen LogP contribution is 2.33. The van der Waals surface area contributed by atoms with Crippen molar-refractivity contribution in [1.82, 2.24) is 4.72 Å². The predicted octanol–water partition coefficient (Wildman–Crippen LogP) is 0.889. The van der Waals surface area contributed by atoms with E-state index >= 15 is 0 Å². The van der Waals surface area contributed by atoms with E-state index in [1.807, 2.05) is 0 Å². The van der Waals surface area contributed by atoms with Crippen LogP contribution in [-0.2, 0) is 19.6 Å². The summed E-state index contributed by atoms with van der Waals surface area (Å²) in [6.45, 7) is 1.57. The summed E-state index contributed by atoms with van der Waals surface area (Å²) in [6.07, 6.45) is 2.40. The molecule has 0 radical (unpaired) electrons. The Morgan fingerprint density at radius 3 is 2.67 bits per heavy atom. The number of aliphatic hydroxyl groups excluding tert-OH is 1. The number of nitrogens with zero attached hydrogens (tertiary/aromatic N) is 1. The first-order chi connectivity index (χ1) is 12.9. The molecule has 0 unspecified atom stereocenters. The van der Waals surface area contributed by atoms with Gasteiger partial charge in [-0.15, -0.1) is 0 Å². The molecule has 2 fully saturated rings. The quantitative estimate of drug-likeness (QED) is 0.707. The van der Waals surface area contributed by atoms with Gasteiger partial charge in [-0.05, 0) is 37.5 Å². The number of nitrogens with one attached hydrogen (secondary N) is 1. The van der Waals surface area contributed by atoms with Gasteiger partial charge in [0.05, 0.1) is 13.7 Å². The first-order valence-electron chi connectivity index (χ1n) is 9.07. The molecule has 0 bridgehead atoms. The van der Waals surface area contributed by atoms with Crippen LogP contribution in [0.25, 0.3) is 0 Å². The van der Waals surface area contributed by atoms with Crippen LogP contribution in [0.15, 0.2) is 23.1 Å². The van der Waals surface area contributed by atoms with Gasteiger partial charge in [0.25, 0.3) is 0 Å². The monoisotopic (exact) mass is 398 g/mol. The van der Waals surface area contributed by atoms with Crippen LogP contribution in [-0.4, -0.2) is 59.5 Å². The lowest BCUT2D eigenvalue weighted by molar-refractivity contribution is -0.117. The summed E-state index contributed by atoms with van der Waals surface area (Å²) >= 11 is 0. The molecule has 1 aromatic carbocycles. The van der Waals surface area contributed by atoms with Crippen LogP contribution >= 0.6 is 0 Å². The zero-order valence-electron chi connectivity index (χ0n) is 15.4. The summed E-state index contributed by atoms with van der Waals surface area (Å²) in [6, 6.07) is 4.72. The molecule has 0 atom stereocenters. The lowest BCUT2D eigenvalue weighted by Crippen LogP contribution is -2.43. The van der Waals surface area contributed by atoms with Gasteiger partial charge < -0.3 is 19.5 Å². The smallest absolute Gasteiger partial charge is 0.244 e. The van der Waals surface area contributed by atoms with Gasteiger partial charge in [-0.2, -0.15) is 0 Å². The van der Waals surface area contributed by atoms with Crippen LogP contribution in [0.2, 0.25) is 0 Å². The average molecular weight is 398 g/mol. The molecule has 8 nitrogen and oxygen atoms in total. The lowest BCUT2D eigenvalue weighted by Gasteiger charge is -2.35. The highest BCUT2D eigenvalue weighted by molar-refractivity contribution is 7.89. The number of methoxy groups -OCH3 is 1. The maximum atomic E-state index is 13.0. The van der Waals surface area contributed by atoms with Crippen molar-refractivity contribution in [3.05, 3.63) is 18.2 Å². The van der Waals surface area contributed by atoms with E-state index < -0.39 is 15.4 Å². The van der Waals surface area contributed by atoms with Gasteiger partial charge >= 0.3 is 0 Å². The number of anilines is 1. The van der Waals surface area contributed by atoms with Gasteiger partial charge in [0.2, 0.25) is 15.9 Å². The molecule has 2 saturated heterocycles. The van der Waals surface area contributed by atoms with Crippen molar-refractivity contribution in [2.24, 2.45) is 5.41 Å². The van der Waals surface area contributed by atoms with E-state index in [1.165, 1.54) is 13.2 Å². The molecule has 0 aliphatic carbocycles. The number of carbonyl (C=O) groups excluding carboxylic acids is 1. The van der Waals surface area contributed by atoms with Gasteiger partial charge in [0, 0.05) is 43.8 Å². The fraction of sp³-hybridized carbons (Fsp3) is 0.611. The van der Waals surface area contributed by atoms with Crippen molar-refractivity contribution in [2.75, 3.05) is 44.9 Å². The number of carbonyl (C=O) groups is 1. The molecule has 2 heterocycles. The van der Waals surface area contributed by atoms with E-state index in [2.05, 4.69) is 4.72 Å². The van der Waals surface area contributed by atoms with Crippen molar-refractivity contribution in [2.45, 2.75) is 30.6 Å². The second-order valence-electron chi connectivity index (χ2n) is 7.08. The Kier molecular flexibility index (Phi) is 6.05. The topological polar surface area (TPSA) is 105 Å². The SMILES string of the molecule is COc1ccc(N2CCCC2=O)cc1S(=O)(=O)NCC1(CO)CCOCC1. The van der Waals surface area contributed by atoms with Gasteiger partial charge in [-0.3, -0.25) is 4.79 Å². The second kappa shape index (κ2) is 8.14. The molecule has 9 heteroatoms. The Labute approximate surface area is 159 Å². The number of hydrogen-bond donors (Lipinski definition) is 2. The van der Waals surface area contributed by atoms with Crippen LogP contribution in [0.1, 0.15) is 25.7 Å². The van der Waals surface area contributed by atoms with Crippen molar-refractivity contribution < 1.29 is 27.8 Å². The summed E-state index contributed by atoms with van der Waals surface area (Å²) in [7, 11) is -2.48. The Balaban J connectivity index is 1.85. The molecule has 0 saturated carbocycles. The van der Waals surface area contributed by atoms with E-state index in [0.29, 0.717) is 44.7 Å². The third-order valence-corrected chi connectivity index (χ3v) is 6.77. The fourth-order valence-corrected chi connectivity index (χ4v) is 4.83. The Hall–Kier alpha value is -1.68. The summed E-state index contributed by atoms with van der Waals surface area (Å²) < 4.78 is 39.1. The highest BCUT2D eigenvalue weighted by atomic mass is 32.2. The van der Waals surface area contributed by atoms with E-state index in [-0.39, 0.29) is 29.7 Å². The Bertz CT molecular complexity index is 789. The molecule has 150 valence electrons. The molecule has 2 aliphatic rings.